The third kappa shape index (κ3) is 2.59. The van der Waals surface area contributed by atoms with Crippen LogP contribution < -0.4 is 5.73 Å². The Kier molecular flexibility index (Phi) is 3.59. The topological polar surface area (TPSA) is 60.2 Å². The Labute approximate surface area is 98.7 Å². The van der Waals surface area contributed by atoms with Gasteiger partial charge in [-0.15, -0.1) is 0 Å². The molecule has 0 saturated heterocycles. The molecule has 2 aliphatic rings. The summed E-state index contributed by atoms with van der Waals surface area (Å²) in [5.74, 6) is 3.07. The summed E-state index contributed by atoms with van der Waals surface area (Å²) in [6.45, 7) is 1.71. The predicted octanol–water partition coefficient (Wildman–Crippen LogP) is 1.57. The van der Waals surface area contributed by atoms with Crippen molar-refractivity contribution in [2.75, 3.05) is 11.5 Å². The lowest BCUT2D eigenvalue weighted by atomic mass is 10.0. The van der Waals surface area contributed by atoms with E-state index in [2.05, 4.69) is 0 Å². The van der Waals surface area contributed by atoms with Crippen LogP contribution in [0.3, 0.4) is 0 Å². The first-order chi connectivity index (χ1) is 7.55. The van der Waals surface area contributed by atoms with Crippen molar-refractivity contribution >= 4 is 9.84 Å². The monoisotopic (exact) mass is 245 g/mol. The molecule has 2 fully saturated rings. The second-order valence-electron chi connectivity index (χ2n) is 5.38. The van der Waals surface area contributed by atoms with Crippen LogP contribution in [0.4, 0.5) is 0 Å². The zero-order valence-electron chi connectivity index (χ0n) is 10.1. The van der Waals surface area contributed by atoms with Crippen molar-refractivity contribution in [2.45, 2.75) is 45.1 Å². The van der Waals surface area contributed by atoms with Gasteiger partial charge in [-0.25, -0.2) is 8.42 Å². The van der Waals surface area contributed by atoms with Crippen molar-refractivity contribution in [3.8, 4) is 0 Å². The van der Waals surface area contributed by atoms with E-state index in [0.29, 0.717) is 5.75 Å². The molecule has 3 unspecified atom stereocenters. The summed E-state index contributed by atoms with van der Waals surface area (Å²) < 4.78 is 22.6. The maximum absolute atomic E-state index is 11.3. The first kappa shape index (κ1) is 12.4. The third-order valence-electron chi connectivity index (χ3n) is 4.40. The van der Waals surface area contributed by atoms with Gasteiger partial charge in [0.25, 0.3) is 0 Å². The number of rotatable bonds is 6. The van der Waals surface area contributed by atoms with Crippen molar-refractivity contribution in [3.63, 3.8) is 0 Å². The lowest BCUT2D eigenvalue weighted by Crippen LogP contribution is -2.25. The highest BCUT2D eigenvalue weighted by Gasteiger charge is 2.54. The Morgan fingerprint density at radius 3 is 2.50 bits per heavy atom. The zero-order valence-corrected chi connectivity index (χ0v) is 10.9. The molecular weight excluding hydrogens is 222 g/mol. The minimum absolute atomic E-state index is 0.252. The largest absolute Gasteiger partial charge is 0.327 e. The SMILES string of the molecule is CCS(=O)(=O)CCCC(N)C1C2CCCC21. The van der Waals surface area contributed by atoms with Crippen molar-refractivity contribution in [1.82, 2.24) is 0 Å². The van der Waals surface area contributed by atoms with E-state index in [1.807, 2.05) is 0 Å². The molecular formula is C12H23NO2S. The van der Waals surface area contributed by atoms with E-state index in [1.54, 1.807) is 6.92 Å². The Morgan fingerprint density at radius 1 is 1.31 bits per heavy atom. The number of nitrogens with two attached hydrogens (primary N) is 1. The Bertz CT molecular complexity index is 329. The average molecular weight is 245 g/mol. The minimum Gasteiger partial charge on any atom is -0.327 e. The first-order valence-corrected chi connectivity index (χ1v) is 8.33. The van der Waals surface area contributed by atoms with E-state index in [-0.39, 0.29) is 11.8 Å². The molecule has 0 heterocycles. The van der Waals surface area contributed by atoms with Gasteiger partial charge < -0.3 is 5.73 Å². The molecule has 94 valence electrons. The molecule has 0 aliphatic heterocycles. The molecule has 0 aromatic heterocycles. The van der Waals surface area contributed by atoms with Gasteiger partial charge in [0, 0.05) is 11.8 Å². The molecule has 0 aromatic carbocycles. The van der Waals surface area contributed by atoms with Crippen molar-refractivity contribution < 1.29 is 8.42 Å². The average Bonchev–Trinajstić information content (AvgIpc) is 2.73. The molecule has 3 nitrogen and oxygen atoms in total. The molecule has 0 bridgehead atoms. The van der Waals surface area contributed by atoms with Gasteiger partial charge in [0.2, 0.25) is 0 Å². The molecule has 2 aliphatic carbocycles. The molecule has 2 saturated carbocycles. The molecule has 16 heavy (non-hydrogen) atoms. The van der Waals surface area contributed by atoms with Crippen LogP contribution in [0.5, 0.6) is 0 Å². The van der Waals surface area contributed by atoms with Crippen LogP contribution in [-0.2, 0) is 9.84 Å². The standard InChI is InChI=1S/C12H23NO2S/c1-2-16(14,15)8-4-7-11(13)12-9-5-3-6-10(9)12/h9-12H,2-8,13H2,1H3. The summed E-state index contributed by atoms with van der Waals surface area (Å²) in [5, 5.41) is 0. The first-order valence-electron chi connectivity index (χ1n) is 6.51. The van der Waals surface area contributed by atoms with Crippen LogP contribution in [-0.4, -0.2) is 26.0 Å². The normalized spacial score (nSPS) is 34.8. The van der Waals surface area contributed by atoms with Crippen molar-refractivity contribution in [2.24, 2.45) is 23.5 Å². The van der Waals surface area contributed by atoms with Crippen LogP contribution in [0, 0.1) is 17.8 Å². The van der Waals surface area contributed by atoms with Gasteiger partial charge >= 0.3 is 0 Å². The van der Waals surface area contributed by atoms with Gasteiger partial charge in [0.05, 0.1) is 5.75 Å². The summed E-state index contributed by atoms with van der Waals surface area (Å²) in [5.41, 5.74) is 6.15. The van der Waals surface area contributed by atoms with Crippen molar-refractivity contribution in [1.29, 1.82) is 0 Å². The van der Waals surface area contributed by atoms with E-state index in [9.17, 15) is 8.42 Å². The maximum Gasteiger partial charge on any atom is 0.150 e. The van der Waals surface area contributed by atoms with Crippen molar-refractivity contribution in [3.05, 3.63) is 0 Å². The molecule has 0 spiro atoms. The molecule has 0 amide bonds. The fraction of sp³-hybridized carbons (Fsp3) is 1.00. The van der Waals surface area contributed by atoms with Gasteiger partial charge in [0.1, 0.15) is 9.84 Å². The summed E-state index contributed by atoms with van der Waals surface area (Å²) in [6, 6.07) is 0.252. The van der Waals surface area contributed by atoms with E-state index in [4.69, 9.17) is 5.73 Å². The molecule has 4 heteroatoms. The summed E-state index contributed by atoms with van der Waals surface area (Å²) in [4.78, 5) is 0. The zero-order chi connectivity index (χ0) is 11.8. The highest BCUT2D eigenvalue weighted by Crippen LogP contribution is 2.59. The summed E-state index contributed by atoms with van der Waals surface area (Å²) >= 11 is 0. The minimum atomic E-state index is -2.79. The Hall–Kier alpha value is -0.0900. The highest BCUT2D eigenvalue weighted by molar-refractivity contribution is 7.91. The maximum atomic E-state index is 11.3. The Balaban J connectivity index is 1.67. The lowest BCUT2D eigenvalue weighted by Gasteiger charge is -2.13. The number of fused-ring (bicyclic) bond motifs is 1. The van der Waals surface area contributed by atoms with Gasteiger partial charge in [-0.1, -0.05) is 13.3 Å². The van der Waals surface area contributed by atoms with E-state index in [0.717, 1.165) is 30.6 Å². The van der Waals surface area contributed by atoms with Gasteiger partial charge in [-0.2, -0.15) is 0 Å². The fourth-order valence-corrected chi connectivity index (χ4v) is 4.28. The fourth-order valence-electron chi connectivity index (χ4n) is 3.39. The van der Waals surface area contributed by atoms with Crippen LogP contribution in [0.25, 0.3) is 0 Å². The molecule has 2 N–H and O–H groups in total. The van der Waals surface area contributed by atoms with Crippen LogP contribution >= 0.6 is 0 Å². The number of sulfone groups is 1. The van der Waals surface area contributed by atoms with Gasteiger partial charge in [-0.05, 0) is 43.4 Å². The lowest BCUT2D eigenvalue weighted by molar-refractivity contribution is 0.458. The molecule has 0 aromatic rings. The van der Waals surface area contributed by atoms with Gasteiger partial charge in [-0.3, -0.25) is 0 Å². The quantitative estimate of drug-likeness (QED) is 0.773. The summed E-state index contributed by atoms with van der Waals surface area (Å²) in [6.07, 6.45) is 5.72. The Morgan fingerprint density at radius 2 is 1.94 bits per heavy atom. The summed E-state index contributed by atoms with van der Waals surface area (Å²) in [7, 11) is -2.79. The van der Waals surface area contributed by atoms with Gasteiger partial charge in [0.15, 0.2) is 0 Å². The molecule has 0 radical (unpaired) electrons. The van der Waals surface area contributed by atoms with Crippen LogP contribution in [0.2, 0.25) is 0 Å². The highest BCUT2D eigenvalue weighted by atomic mass is 32.2. The second kappa shape index (κ2) is 4.65. The van der Waals surface area contributed by atoms with E-state index >= 15 is 0 Å². The second-order valence-corrected chi connectivity index (χ2v) is 7.85. The van der Waals surface area contributed by atoms with Crippen LogP contribution in [0.15, 0.2) is 0 Å². The number of hydrogen-bond donors (Lipinski definition) is 1. The third-order valence-corrected chi connectivity index (χ3v) is 6.19. The molecule has 3 atom stereocenters. The predicted molar refractivity (Wildman–Crippen MR) is 65.9 cm³/mol. The smallest absolute Gasteiger partial charge is 0.150 e. The molecule has 2 rings (SSSR count). The van der Waals surface area contributed by atoms with E-state index < -0.39 is 9.84 Å². The number of hydrogen-bond acceptors (Lipinski definition) is 3. The van der Waals surface area contributed by atoms with E-state index in [1.165, 1.54) is 19.3 Å². The van der Waals surface area contributed by atoms with Crippen LogP contribution in [0.1, 0.15) is 39.0 Å².